The Balaban J connectivity index is 1.92. The molecular weight excluding hydrogens is 332 g/mol. The first-order chi connectivity index (χ1) is 9.58. The Morgan fingerprint density at radius 3 is 2.80 bits per heavy atom. The number of rotatable bonds is 3. The topological polar surface area (TPSA) is 51.0 Å². The van der Waals surface area contributed by atoms with Crippen molar-refractivity contribution >= 4 is 15.9 Å². The third-order valence-electron chi connectivity index (χ3n) is 3.63. The molecule has 1 aromatic heterocycles. The van der Waals surface area contributed by atoms with Gasteiger partial charge in [0.1, 0.15) is 0 Å². The van der Waals surface area contributed by atoms with Crippen LogP contribution in [0.5, 0.6) is 0 Å². The predicted molar refractivity (Wildman–Crippen MR) is 72.1 cm³/mol. The Labute approximate surface area is 122 Å². The molecule has 1 fully saturated rings. The van der Waals surface area contributed by atoms with E-state index in [-0.39, 0.29) is 16.2 Å². The van der Waals surface area contributed by atoms with E-state index >= 15 is 0 Å². The smallest absolute Gasteiger partial charge is 0.230 e. The number of hydrogen-bond donors (Lipinski definition) is 1. The van der Waals surface area contributed by atoms with Gasteiger partial charge in [0.25, 0.3) is 0 Å². The minimum atomic E-state index is -0.954. The number of nitrogens with one attached hydrogen (secondary N) is 1. The molecule has 1 unspecified atom stereocenters. The van der Waals surface area contributed by atoms with Gasteiger partial charge in [-0.1, -0.05) is 12.1 Å². The van der Waals surface area contributed by atoms with Crippen LogP contribution in [0.3, 0.4) is 0 Å². The minimum Gasteiger partial charge on any atom is -0.339 e. The maximum Gasteiger partial charge on any atom is 0.230 e. The lowest BCUT2D eigenvalue weighted by Crippen LogP contribution is -2.44. The van der Waals surface area contributed by atoms with Crippen molar-refractivity contribution in [3.05, 3.63) is 34.1 Å². The molecule has 2 heterocycles. The molecule has 106 valence electrons. The van der Waals surface area contributed by atoms with Crippen molar-refractivity contribution in [1.29, 1.82) is 0 Å². The van der Waals surface area contributed by atoms with Gasteiger partial charge in [-0.15, -0.1) is 0 Å². The molecule has 1 aliphatic rings. The average molecular weight is 344 g/mol. The fraction of sp³-hybridized carbons (Fsp3) is 0.385. The molecule has 1 atom stereocenters. The second-order valence-electron chi connectivity index (χ2n) is 4.89. The highest BCUT2D eigenvalue weighted by Crippen LogP contribution is 2.32. The van der Waals surface area contributed by atoms with Gasteiger partial charge in [-0.25, -0.2) is 8.78 Å². The summed E-state index contributed by atoms with van der Waals surface area (Å²) in [6.07, 6.45) is 0. The average Bonchev–Trinajstić information content (AvgIpc) is 2.83. The van der Waals surface area contributed by atoms with Crippen molar-refractivity contribution in [2.45, 2.75) is 12.8 Å². The first-order valence-electron chi connectivity index (χ1n) is 6.26. The lowest BCUT2D eigenvalue weighted by Gasteiger charge is -2.30. The summed E-state index contributed by atoms with van der Waals surface area (Å²) in [5, 5.41) is 7.04. The predicted octanol–water partition coefficient (Wildman–Crippen LogP) is 3.10. The minimum absolute atomic E-state index is 0.00261. The molecule has 0 bridgehead atoms. The summed E-state index contributed by atoms with van der Waals surface area (Å²) in [6, 6.07) is 2.47. The zero-order chi connectivity index (χ0) is 14.3. The molecule has 1 aromatic carbocycles. The molecule has 20 heavy (non-hydrogen) atoms. The van der Waals surface area contributed by atoms with Gasteiger partial charge in [0.05, 0.1) is 4.47 Å². The van der Waals surface area contributed by atoms with Gasteiger partial charge in [-0.2, -0.15) is 4.98 Å². The van der Waals surface area contributed by atoms with Crippen LogP contribution in [0, 0.1) is 17.6 Å². The Morgan fingerprint density at radius 1 is 1.40 bits per heavy atom. The lowest BCUT2D eigenvalue weighted by atomic mass is 9.89. The standard InChI is InChI=1S/C13H12BrF2N3O/c1-6(7-4-17-5-7)13-18-12(19-20-13)8-2-3-9(15)11(16)10(8)14/h2-3,6-7,17H,4-5H2,1H3. The molecule has 1 aliphatic heterocycles. The Morgan fingerprint density at radius 2 is 2.15 bits per heavy atom. The number of nitrogens with zero attached hydrogens (tertiary/aromatic N) is 2. The van der Waals surface area contributed by atoms with Crippen LogP contribution < -0.4 is 5.32 Å². The van der Waals surface area contributed by atoms with E-state index in [4.69, 9.17) is 4.52 Å². The van der Waals surface area contributed by atoms with Gasteiger partial charge in [-0.05, 0) is 47.1 Å². The molecule has 1 N–H and O–H groups in total. The van der Waals surface area contributed by atoms with Gasteiger partial charge >= 0.3 is 0 Å². The summed E-state index contributed by atoms with van der Waals surface area (Å²) in [4.78, 5) is 4.29. The summed E-state index contributed by atoms with van der Waals surface area (Å²) in [5.74, 6) is -0.491. The van der Waals surface area contributed by atoms with Crippen LogP contribution in [0.1, 0.15) is 18.7 Å². The van der Waals surface area contributed by atoms with Crippen molar-refractivity contribution < 1.29 is 13.3 Å². The molecule has 0 aliphatic carbocycles. The molecule has 1 saturated heterocycles. The molecule has 0 radical (unpaired) electrons. The van der Waals surface area contributed by atoms with Gasteiger partial charge in [-0.3, -0.25) is 0 Å². The van der Waals surface area contributed by atoms with Crippen LogP contribution in [0.25, 0.3) is 11.4 Å². The quantitative estimate of drug-likeness (QED) is 0.870. The third kappa shape index (κ3) is 2.25. The Hall–Kier alpha value is -1.34. The maximum atomic E-state index is 13.5. The molecule has 7 heteroatoms. The SMILES string of the molecule is CC(c1nc(-c2ccc(F)c(F)c2Br)no1)C1CNC1. The Bertz CT molecular complexity index is 643. The van der Waals surface area contributed by atoms with E-state index in [0.29, 0.717) is 17.4 Å². The Kier molecular flexibility index (Phi) is 3.55. The first-order valence-corrected chi connectivity index (χ1v) is 7.05. The van der Waals surface area contributed by atoms with E-state index in [9.17, 15) is 8.78 Å². The highest BCUT2D eigenvalue weighted by atomic mass is 79.9. The van der Waals surface area contributed by atoms with Crippen LogP contribution >= 0.6 is 15.9 Å². The zero-order valence-corrected chi connectivity index (χ0v) is 12.2. The second kappa shape index (κ2) is 5.21. The van der Waals surface area contributed by atoms with E-state index in [0.717, 1.165) is 19.2 Å². The van der Waals surface area contributed by atoms with Gasteiger partial charge in [0, 0.05) is 11.5 Å². The van der Waals surface area contributed by atoms with E-state index in [1.807, 2.05) is 6.92 Å². The number of halogens is 3. The summed E-state index contributed by atoms with van der Waals surface area (Å²) in [6.45, 7) is 3.87. The van der Waals surface area contributed by atoms with Crippen LogP contribution in [0.15, 0.2) is 21.1 Å². The van der Waals surface area contributed by atoms with E-state index < -0.39 is 11.6 Å². The molecule has 2 aromatic rings. The zero-order valence-electron chi connectivity index (χ0n) is 10.7. The summed E-state index contributed by atoms with van der Waals surface area (Å²) in [7, 11) is 0. The fourth-order valence-corrected chi connectivity index (χ4v) is 2.59. The molecular formula is C13H12BrF2N3O. The van der Waals surface area contributed by atoms with Crippen LogP contribution in [0.2, 0.25) is 0 Å². The summed E-state index contributed by atoms with van der Waals surface area (Å²) >= 11 is 3.02. The van der Waals surface area contributed by atoms with Crippen LogP contribution in [-0.2, 0) is 0 Å². The summed E-state index contributed by atoms with van der Waals surface area (Å²) in [5.41, 5.74) is 0.373. The largest absolute Gasteiger partial charge is 0.339 e. The molecule has 4 nitrogen and oxygen atoms in total. The second-order valence-corrected chi connectivity index (χ2v) is 5.68. The maximum absolute atomic E-state index is 13.5. The van der Waals surface area contributed by atoms with Crippen molar-refractivity contribution in [3.8, 4) is 11.4 Å². The first kappa shape index (κ1) is 13.6. The lowest BCUT2D eigenvalue weighted by molar-refractivity contribution is 0.252. The summed E-state index contributed by atoms with van der Waals surface area (Å²) < 4.78 is 31.8. The monoisotopic (exact) mass is 343 g/mol. The molecule has 0 amide bonds. The molecule has 0 spiro atoms. The van der Waals surface area contributed by atoms with Crippen LogP contribution in [-0.4, -0.2) is 23.2 Å². The van der Waals surface area contributed by atoms with Crippen molar-refractivity contribution in [2.24, 2.45) is 5.92 Å². The fourth-order valence-electron chi connectivity index (χ4n) is 2.09. The number of hydrogen-bond acceptors (Lipinski definition) is 4. The van der Waals surface area contributed by atoms with E-state index in [2.05, 4.69) is 31.4 Å². The van der Waals surface area contributed by atoms with E-state index in [1.165, 1.54) is 6.07 Å². The van der Waals surface area contributed by atoms with E-state index in [1.54, 1.807) is 0 Å². The third-order valence-corrected chi connectivity index (χ3v) is 4.40. The van der Waals surface area contributed by atoms with Crippen molar-refractivity contribution in [2.75, 3.05) is 13.1 Å². The van der Waals surface area contributed by atoms with Crippen molar-refractivity contribution in [1.82, 2.24) is 15.5 Å². The highest BCUT2D eigenvalue weighted by molar-refractivity contribution is 9.10. The molecule has 3 rings (SSSR count). The number of benzene rings is 1. The van der Waals surface area contributed by atoms with Gasteiger partial charge in [0.15, 0.2) is 11.6 Å². The van der Waals surface area contributed by atoms with Gasteiger partial charge in [0.2, 0.25) is 11.7 Å². The normalized spacial score (nSPS) is 17.0. The highest BCUT2D eigenvalue weighted by Gasteiger charge is 2.29. The van der Waals surface area contributed by atoms with Gasteiger partial charge < -0.3 is 9.84 Å². The van der Waals surface area contributed by atoms with Crippen molar-refractivity contribution in [3.63, 3.8) is 0 Å². The molecule has 0 saturated carbocycles. The number of aromatic nitrogens is 2. The van der Waals surface area contributed by atoms with Crippen LogP contribution in [0.4, 0.5) is 8.78 Å².